The molecule has 0 radical (unpaired) electrons. The van der Waals surface area contributed by atoms with Crippen LogP contribution in [0.1, 0.15) is 49.1 Å². The summed E-state index contributed by atoms with van der Waals surface area (Å²) < 4.78 is 1.56. The standard InChI is InChI=1S/C21H21N5O3/c1-14-17(12-22)18(26(23-14)16-10-6-3-7-11-16)13-24-19(27)20(28)25(21(24)29)15-8-4-2-5-9-15/h3,6-7,10-11,15H,2,4-5,8-9,13H2,1H3. The van der Waals surface area contributed by atoms with Crippen LogP contribution in [0.15, 0.2) is 30.3 Å². The zero-order valence-electron chi connectivity index (χ0n) is 16.2. The molecule has 0 bridgehead atoms. The van der Waals surface area contributed by atoms with Gasteiger partial charge in [0.15, 0.2) is 0 Å². The minimum atomic E-state index is -0.845. The summed E-state index contributed by atoms with van der Waals surface area (Å²) in [4.78, 5) is 40.2. The van der Waals surface area contributed by atoms with E-state index in [-0.39, 0.29) is 12.6 Å². The molecule has 29 heavy (non-hydrogen) atoms. The van der Waals surface area contributed by atoms with Crippen molar-refractivity contribution in [2.45, 2.75) is 51.6 Å². The summed E-state index contributed by atoms with van der Waals surface area (Å²) in [6.07, 6.45) is 4.40. The molecule has 4 rings (SSSR count). The number of aryl methyl sites for hydroxylation is 1. The highest BCUT2D eigenvalue weighted by atomic mass is 16.2. The van der Waals surface area contributed by atoms with Gasteiger partial charge in [-0.05, 0) is 31.9 Å². The van der Waals surface area contributed by atoms with Gasteiger partial charge >= 0.3 is 17.8 Å². The molecule has 8 nitrogen and oxygen atoms in total. The molecule has 1 aromatic heterocycles. The molecular weight excluding hydrogens is 370 g/mol. The fourth-order valence-electron chi connectivity index (χ4n) is 4.12. The van der Waals surface area contributed by atoms with E-state index in [4.69, 9.17) is 0 Å². The number of nitrogens with zero attached hydrogens (tertiary/aromatic N) is 5. The molecule has 2 aliphatic rings. The second-order valence-electron chi connectivity index (χ2n) is 7.41. The van der Waals surface area contributed by atoms with Crippen molar-refractivity contribution in [2.24, 2.45) is 0 Å². The lowest BCUT2D eigenvalue weighted by Crippen LogP contribution is -2.42. The Bertz CT molecular complexity index is 1010. The molecule has 1 saturated carbocycles. The van der Waals surface area contributed by atoms with E-state index in [0.29, 0.717) is 22.6 Å². The maximum absolute atomic E-state index is 13.0. The number of para-hydroxylation sites is 1. The molecule has 2 heterocycles. The predicted octanol–water partition coefficient (Wildman–Crippen LogP) is 2.68. The highest BCUT2D eigenvalue weighted by Gasteiger charge is 2.48. The van der Waals surface area contributed by atoms with Gasteiger partial charge in [-0.3, -0.25) is 14.5 Å². The van der Waals surface area contributed by atoms with E-state index in [1.165, 1.54) is 0 Å². The van der Waals surface area contributed by atoms with Crippen molar-refractivity contribution in [3.8, 4) is 11.8 Å². The number of imide groups is 2. The van der Waals surface area contributed by atoms with E-state index >= 15 is 0 Å². The molecule has 0 spiro atoms. The fraction of sp³-hybridized carbons (Fsp3) is 0.381. The van der Waals surface area contributed by atoms with Gasteiger partial charge in [-0.1, -0.05) is 37.5 Å². The molecule has 8 heteroatoms. The first-order chi connectivity index (χ1) is 14.0. The van der Waals surface area contributed by atoms with Crippen LogP contribution in [0.2, 0.25) is 0 Å². The lowest BCUT2D eigenvalue weighted by molar-refractivity contribution is -0.144. The van der Waals surface area contributed by atoms with E-state index in [1.807, 2.05) is 30.3 Å². The number of carbonyl (C=O) groups excluding carboxylic acids is 3. The third-order valence-corrected chi connectivity index (χ3v) is 5.60. The second-order valence-corrected chi connectivity index (χ2v) is 7.41. The van der Waals surface area contributed by atoms with Gasteiger partial charge in [0, 0.05) is 6.04 Å². The molecule has 1 aromatic carbocycles. The average Bonchev–Trinajstić information content (AvgIpc) is 3.17. The minimum absolute atomic E-state index is 0.175. The number of nitriles is 1. The van der Waals surface area contributed by atoms with Crippen molar-refractivity contribution in [1.29, 1.82) is 5.26 Å². The lowest BCUT2D eigenvalue weighted by atomic mass is 9.94. The number of urea groups is 1. The van der Waals surface area contributed by atoms with Crippen LogP contribution in [0, 0.1) is 18.3 Å². The predicted molar refractivity (Wildman–Crippen MR) is 103 cm³/mol. The van der Waals surface area contributed by atoms with Crippen molar-refractivity contribution >= 4 is 17.8 Å². The smallest absolute Gasteiger partial charge is 0.263 e. The number of hydrogen-bond acceptors (Lipinski definition) is 5. The SMILES string of the molecule is Cc1nn(-c2ccccc2)c(CN2C(=O)C(=O)N(C3CCCCC3)C2=O)c1C#N. The highest BCUT2D eigenvalue weighted by molar-refractivity contribution is 6.44. The summed E-state index contributed by atoms with van der Waals surface area (Å²) >= 11 is 0. The number of rotatable bonds is 4. The van der Waals surface area contributed by atoms with Crippen molar-refractivity contribution in [3.05, 3.63) is 47.3 Å². The van der Waals surface area contributed by atoms with Crippen LogP contribution in [0.5, 0.6) is 0 Å². The van der Waals surface area contributed by atoms with Crippen LogP contribution in [0.25, 0.3) is 5.69 Å². The van der Waals surface area contributed by atoms with Crippen LogP contribution in [0.4, 0.5) is 4.79 Å². The Kier molecular flexibility index (Phi) is 4.89. The first kappa shape index (κ1) is 18.9. The zero-order valence-corrected chi connectivity index (χ0v) is 16.2. The van der Waals surface area contributed by atoms with Gasteiger partial charge in [0.05, 0.1) is 29.2 Å². The van der Waals surface area contributed by atoms with E-state index < -0.39 is 17.8 Å². The largest absolute Gasteiger partial charge is 0.334 e. The number of amides is 4. The minimum Gasteiger partial charge on any atom is -0.263 e. The number of aromatic nitrogens is 2. The first-order valence-corrected chi connectivity index (χ1v) is 9.76. The molecule has 2 fully saturated rings. The third-order valence-electron chi connectivity index (χ3n) is 5.60. The second kappa shape index (κ2) is 7.51. The number of carbonyl (C=O) groups is 3. The molecule has 0 unspecified atom stereocenters. The number of hydrogen-bond donors (Lipinski definition) is 0. The Morgan fingerprint density at radius 3 is 2.41 bits per heavy atom. The van der Waals surface area contributed by atoms with Crippen molar-refractivity contribution in [1.82, 2.24) is 19.6 Å². The van der Waals surface area contributed by atoms with Crippen LogP contribution in [-0.4, -0.2) is 43.5 Å². The van der Waals surface area contributed by atoms with Gasteiger partial charge in [0.2, 0.25) is 0 Å². The topological polar surface area (TPSA) is 99.3 Å². The molecular formula is C21H21N5O3. The van der Waals surface area contributed by atoms with Crippen LogP contribution >= 0.6 is 0 Å². The van der Waals surface area contributed by atoms with E-state index in [9.17, 15) is 19.6 Å². The maximum Gasteiger partial charge on any atom is 0.334 e. The van der Waals surface area contributed by atoms with Gasteiger partial charge in [0.25, 0.3) is 0 Å². The molecule has 2 aromatic rings. The Hall–Kier alpha value is -3.47. The Balaban J connectivity index is 1.69. The monoisotopic (exact) mass is 391 g/mol. The van der Waals surface area contributed by atoms with Crippen LogP contribution < -0.4 is 0 Å². The first-order valence-electron chi connectivity index (χ1n) is 9.76. The summed E-state index contributed by atoms with van der Waals surface area (Å²) in [7, 11) is 0. The van der Waals surface area contributed by atoms with Gasteiger partial charge in [-0.2, -0.15) is 10.4 Å². The molecule has 1 aliphatic heterocycles. The van der Waals surface area contributed by atoms with Crippen LogP contribution in [0.3, 0.4) is 0 Å². The van der Waals surface area contributed by atoms with Gasteiger partial charge in [-0.25, -0.2) is 14.4 Å². The van der Waals surface area contributed by atoms with Gasteiger partial charge < -0.3 is 0 Å². The summed E-state index contributed by atoms with van der Waals surface area (Å²) in [5.74, 6) is -1.62. The fourth-order valence-corrected chi connectivity index (χ4v) is 4.12. The summed E-state index contributed by atoms with van der Waals surface area (Å²) in [5, 5.41) is 14.0. The molecule has 1 saturated heterocycles. The average molecular weight is 391 g/mol. The van der Waals surface area contributed by atoms with Gasteiger partial charge in [0.1, 0.15) is 6.07 Å². The Morgan fingerprint density at radius 2 is 1.76 bits per heavy atom. The van der Waals surface area contributed by atoms with Gasteiger partial charge in [-0.15, -0.1) is 0 Å². The Morgan fingerprint density at radius 1 is 1.07 bits per heavy atom. The molecule has 0 atom stereocenters. The molecule has 4 amide bonds. The molecule has 0 N–H and O–H groups in total. The Labute approximate surface area is 168 Å². The van der Waals surface area contributed by atoms with E-state index in [1.54, 1.807) is 11.6 Å². The zero-order chi connectivity index (χ0) is 20.5. The van der Waals surface area contributed by atoms with Crippen LogP contribution in [-0.2, 0) is 16.1 Å². The maximum atomic E-state index is 13.0. The third kappa shape index (κ3) is 3.18. The number of benzene rings is 1. The quantitative estimate of drug-likeness (QED) is 0.589. The molecule has 148 valence electrons. The summed E-state index contributed by atoms with van der Waals surface area (Å²) in [6, 6.07) is 10.5. The normalized spacial score (nSPS) is 17.9. The van der Waals surface area contributed by atoms with Crippen molar-refractivity contribution in [3.63, 3.8) is 0 Å². The highest BCUT2D eigenvalue weighted by Crippen LogP contribution is 2.29. The molecule has 1 aliphatic carbocycles. The lowest BCUT2D eigenvalue weighted by Gasteiger charge is -2.28. The van der Waals surface area contributed by atoms with E-state index in [2.05, 4.69) is 11.2 Å². The summed E-state index contributed by atoms with van der Waals surface area (Å²) in [6.45, 7) is 1.53. The summed E-state index contributed by atoms with van der Waals surface area (Å²) in [5.41, 5.74) is 1.93. The van der Waals surface area contributed by atoms with Crippen molar-refractivity contribution < 1.29 is 14.4 Å². The van der Waals surface area contributed by atoms with Crippen molar-refractivity contribution in [2.75, 3.05) is 0 Å². The van der Waals surface area contributed by atoms with E-state index in [0.717, 1.165) is 41.9 Å².